The van der Waals surface area contributed by atoms with Crippen molar-refractivity contribution in [1.29, 1.82) is 0 Å². The predicted molar refractivity (Wildman–Crippen MR) is 92.2 cm³/mol. The summed E-state index contributed by atoms with van der Waals surface area (Å²) in [5.41, 5.74) is 0.958. The first-order valence-electron chi connectivity index (χ1n) is 7.63. The second-order valence-corrected chi connectivity index (χ2v) is 8.99. The van der Waals surface area contributed by atoms with E-state index in [0.29, 0.717) is 19.4 Å². The molecule has 1 atom stereocenters. The van der Waals surface area contributed by atoms with E-state index in [4.69, 9.17) is 0 Å². The molecule has 1 amide bonds. The van der Waals surface area contributed by atoms with Gasteiger partial charge in [-0.15, -0.1) is 11.3 Å². The third-order valence-electron chi connectivity index (χ3n) is 4.15. The lowest BCUT2D eigenvalue weighted by Crippen LogP contribution is -2.34. The number of amides is 1. The average molecular weight is 349 g/mol. The van der Waals surface area contributed by atoms with E-state index in [9.17, 15) is 13.2 Å². The van der Waals surface area contributed by atoms with Crippen LogP contribution in [-0.2, 0) is 21.1 Å². The molecule has 0 saturated carbocycles. The molecule has 3 rings (SSSR count). The highest BCUT2D eigenvalue weighted by Gasteiger charge is 2.33. The topological polar surface area (TPSA) is 54.5 Å². The van der Waals surface area contributed by atoms with Crippen molar-refractivity contribution < 1.29 is 13.2 Å². The van der Waals surface area contributed by atoms with Crippen molar-refractivity contribution in [2.24, 2.45) is 0 Å². The highest BCUT2D eigenvalue weighted by atomic mass is 32.2. The second kappa shape index (κ2) is 6.84. The Labute approximate surface area is 140 Å². The van der Waals surface area contributed by atoms with Crippen LogP contribution in [0.1, 0.15) is 22.1 Å². The van der Waals surface area contributed by atoms with Crippen LogP contribution in [0.5, 0.6) is 0 Å². The summed E-state index contributed by atoms with van der Waals surface area (Å²) in [7, 11) is -3.21. The fraction of sp³-hybridized carbons (Fsp3) is 0.353. The lowest BCUT2D eigenvalue weighted by atomic mass is 10.1. The zero-order chi connectivity index (χ0) is 16.3. The van der Waals surface area contributed by atoms with E-state index >= 15 is 0 Å². The van der Waals surface area contributed by atoms with Gasteiger partial charge in [-0.1, -0.05) is 36.4 Å². The number of hydrogen-bond donors (Lipinski definition) is 0. The Morgan fingerprint density at radius 1 is 1.13 bits per heavy atom. The molecule has 1 aromatic heterocycles. The smallest absolute Gasteiger partial charge is 0.227 e. The van der Waals surface area contributed by atoms with E-state index in [1.807, 2.05) is 47.8 Å². The van der Waals surface area contributed by atoms with E-state index in [2.05, 4.69) is 0 Å². The number of sulfone groups is 1. The minimum atomic E-state index is -3.21. The van der Waals surface area contributed by atoms with Crippen LogP contribution in [0.25, 0.3) is 0 Å². The van der Waals surface area contributed by atoms with Crippen LogP contribution in [0.3, 0.4) is 0 Å². The van der Waals surface area contributed by atoms with Crippen LogP contribution in [0.4, 0.5) is 0 Å². The van der Waals surface area contributed by atoms with Gasteiger partial charge in [0.15, 0.2) is 9.84 Å². The maximum Gasteiger partial charge on any atom is 0.227 e. The van der Waals surface area contributed by atoms with Gasteiger partial charge < -0.3 is 4.90 Å². The first kappa shape index (κ1) is 16.2. The van der Waals surface area contributed by atoms with Crippen LogP contribution < -0.4 is 0 Å². The van der Waals surface area contributed by atoms with E-state index < -0.39 is 15.1 Å². The fourth-order valence-corrected chi connectivity index (χ4v) is 5.87. The van der Waals surface area contributed by atoms with Gasteiger partial charge in [0.05, 0.1) is 17.4 Å². The number of thiophene rings is 1. The summed E-state index contributed by atoms with van der Waals surface area (Å²) in [6.45, 7) is 0.781. The molecule has 4 nitrogen and oxygen atoms in total. The van der Waals surface area contributed by atoms with Crippen molar-refractivity contribution in [2.45, 2.75) is 18.1 Å². The van der Waals surface area contributed by atoms with Gasteiger partial charge in [-0.05, 0) is 23.4 Å². The molecular formula is C17H19NO3S2. The zero-order valence-electron chi connectivity index (χ0n) is 12.7. The lowest BCUT2D eigenvalue weighted by Gasteiger charge is -2.20. The summed E-state index contributed by atoms with van der Waals surface area (Å²) in [5.74, 6) is 0.0362. The maximum atomic E-state index is 12.5. The molecule has 23 heavy (non-hydrogen) atoms. The van der Waals surface area contributed by atoms with Crippen molar-refractivity contribution in [3.05, 3.63) is 58.3 Å². The van der Waals surface area contributed by atoms with E-state index in [0.717, 1.165) is 10.4 Å². The van der Waals surface area contributed by atoms with Gasteiger partial charge in [-0.3, -0.25) is 4.79 Å². The third-order valence-corrected chi connectivity index (χ3v) is 7.40. The number of carbonyl (C=O) groups is 1. The van der Waals surface area contributed by atoms with Crippen LogP contribution in [0.15, 0.2) is 47.8 Å². The van der Waals surface area contributed by atoms with E-state index in [-0.39, 0.29) is 18.2 Å². The molecule has 122 valence electrons. The Hall–Kier alpha value is -1.66. The van der Waals surface area contributed by atoms with Crippen molar-refractivity contribution in [1.82, 2.24) is 4.90 Å². The van der Waals surface area contributed by atoms with Crippen LogP contribution in [0.2, 0.25) is 0 Å². The minimum absolute atomic E-state index is 0.00164. The summed E-state index contributed by atoms with van der Waals surface area (Å²) >= 11 is 1.47. The van der Waals surface area contributed by atoms with Gasteiger partial charge in [0, 0.05) is 18.0 Å². The fourth-order valence-electron chi connectivity index (χ4n) is 2.87. The van der Waals surface area contributed by atoms with Gasteiger partial charge >= 0.3 is 0 Å². The molecule has 1 aliphatic heterocycles. The number of rotatable bonds is 3. The summed E-state index contributed by atoms with van der Waals surface area (Å²) < 4.78 is 25.0. The quantitative estimate of drug-likeness (QED) is 0.856. The Morgan fingerprint density at radius 3 is 2.61 bits per heavy atom. The predicted octanol–water partition coefficient (Wildman–Crippen LogP) is 2.68. The van der Waals surface area contributed by atoms with Gasteiger partial charge in [-0.2, -0.15) is 0 Å². The lowest BCUT2D eigenvalue weighted by molar-refractivity contribution is -0.130. The summed E-state index contributed by atoms with van der Waals surface area (Å²) in [6, 6.07) is 13.3. The summed E-state index contributed by atoms with van der Waals surface area (Å²) in [6.07, 6.45) is 0.800. The molecular weight excluding hydrogens is 330 g/mol. The number of benzene rings is 1. The maximum absolute atomic E-state index is 12.5. The normalized spacial score (nSPS) is 20.9. The Kier molecular flexibility index (Phi) is 4.82. The molecule has 1 aromatic carbocycles. The molecule has 6 heteroatoms. The Bertz CT molecular complexity index is 754. The second-order valence-electron chi connectivity index (χ2n) is 5.70. The molecule has 1 fully saturated rings. The molecule has 0 aliphatic carbocycles. The zero-order valence-corrected chi connectivity index (χ0v) is 14.4. The SMILES string of the molecule is O=C(Cc1ccccc1)N1CC[C@H](c2cccs2)S(=O)(=O)CC1. The molecule has 0 N–H and O–H groups in total. The molecule has 0 bridgehead atoms. The number of carbonyl (C=O) groups excluding carboxylic acids is 1. The summed E-state index contributed by atoms with van der Waals surface area (Å²) in [5, 5.41) is 1.42. The van der Waals surface area contributed by atoms with Crippen LogP contribution in [0, 0.1) is 0 Å². The minimum Gasteiger partial charge on any atom is -0.341 e. The first-order chi connectivity index (χ1) is 11.1. The molecule has 2 heterocycles. The standard InChI is InChI=1S/C17H19NO3S2/c19-17(13-14-5-2-1-3-6-14)18-9-8-16(15-7-4-11-22-15)23(20,21)12-10-18/h1-7,11,16H,8-10,12-13H2/t16-/m1/s1. The average Bonchev–Trinajstić information content (AvgIpc) is 2.99. The third kappa shape index (κ3) is 3.82. The van der Waals surface area contributed by atoms with Crippen molar-refractivity contribution in [2.75, 3.05) is 18.8 Å². The molecule has 0 spiro atoms. The number of nitrogens with zero attached hydrogens (tertiary/aromatic N) is 1. The first-order valence-corrected chi connectivity index (χ1v) is 10.2. The van der Waals surface area contributed by atoms with Crippen molar-refractivity contribution >= 4 is 27.1 Å². The number of hydrogen-bond acceptors (Lipinski definition) is 4. The van der Waals surface area contributed by atoms with Crippen LogP contribution in [-0.4, -0.2) is 38.1 Å². The van der Waals surface area contributed by atoms with Crippen LogP contribution >= 0.6 is 11.3 Å². The highest BCUT2D eigenvalue weighted by Crippen LogP contribution is 2.32. The van der Waals surface area contributed by atoms with Crippen molar-refractivity contribution in [3.63, 3.8) is 0 Å². The largest absolute Gasteiger partial charge is 0.341 e. The molecule has 1 aliphatic rings. The van der Waals surface area contributed by atoms with E-state index in [1.165, 1.54) is 11.3 Å². The van der Waals surface area contributed by atoms with Gasteiger partial charge in [0.25, 0.3) is 0 Å². The molecule has 0 unspecified atom stereocenters. The highest BCUT2D eigenvalue weighted by molar-refractivity contribution is 7.91. The monoisotopic (exact) mass is 349 g/mol. The van der Waals surface area contributed by atoms with E-state index in [1.54, 1.807) is 4.90 Å². The molecule has 2 aromatic rings. The Balaban J connectivity index is 1.71. The van der Waals surface area contributed by atoms with Gasteiger partial charge in [-0.25, -0.2) is 8.42 Å². The van der Waals surface area contributed by atoms with Crippen molar-refractivity contribution in [3.8, 4) is 0 Å². The van der Waals surface area contributed by atoms with Gasteiger partial charge in [0.1, 0.15) is 0 Å². The molecule has 0 radical (unpaired) electrons. The van der Waals surface area contributed by atoms with Gasteiger partial charge in [0.2, 0.25) is 5.91 Å². The Morgan fingerprint density at radius 2 is 1.91 bits per heavy atom. The summed E-state index contributed by atoms with van der Waals surface area (Å²) in [4.78, 5) is 15.0. The molecule has 1 saturated heterocycles.